The van der Waals surface area contributed by atoms with E-state index in [2.05, 4.69) is 0 Å². The number of rotatable bonds is 2. The summed E-state index contributed by atoms with van der Waals surface area (Å²) in [5.74, 6) is -4.31. The van der Waals surface area contributed by atoms with Crippen LogP contribution in [0.4, 0.5) is 26.3 Å². The lowest BCUT2D eigenvalue weighted by molar-refractivity contribution is -0.312. The highest BCUT2D eigenvalue weighted by Gasteiger charge is 2.61. The van der Waals surface area contributed by atoms with Crippen molar-refractivity contribution in [1.29, 1.82) is 0 Å². The molecule has 0 aromatic carbocycles. The molecule has 0 aromatic heterocycles. The molecular weight excluding hydrogens is 274 g/mol. The molecule has 4 atom stereocenters. The van der Waals surface area contributed by atoms with Gasteiger partial charge in [0.05, 0.1) is 6.10 Å². The van der Waals surface area contributed by atoms with Crippen molar-refractivity contribution in [3.05, 3.63) is 0 Å². The lowest BCUT2D eigenvalue weighted by atomic mass is 9.71. The largest absolute Gasteiger partial charge is 0.403 e. The van der Waals surface area contributed by atoms with Gasteiger partial charge in [-0.2, -0.15) is 26.3 Å². The molecular formula is C12H18F6O. The Kier molecular flexibility index (Phi) is 4.80. The minimum atomic E-state index is -5.47. The molecule has 0 spiro atoms. The first kappa shape index (κ1) is 16.6. The van der Waals surface area contributed by atoms with Crippen molar-refractivity contribution in [3.8, 4) is 0 Å². The summed E-state index contributed by atoms with van der Waals surface area (Å²) in [7, 11) is 0. The number of hydrogen-bond donors (Lipinski definition) is 1. The predicted molar refractivity (Wildman–Crippen MR) is 57.3 cm³/mol. The van der Waals surface area contributed by atoms with E-state index in [0.29, 0.717) is 6.42 Å². The minimum absolute atomic E-state index is 0.0236. The van der Waals surface area contributed by atoms with Gasteiger partial charge in [0.25, 0.3) is 0 Å². The highest BCUT2D eigenvalue weighted by atomic mass is 19.4. The fourth-order valence-corrected chi connectivity index (χ4v) is 2.74. The fourth-order valence-electron chi connectivity index (χ4n) is 2.74. The molecule has 1 aliphatic rings. The summed E-state index contributed by atoms with van der Waals surface area (Å²) in [6.07, 6.45) is -12.4. The number of hydrogen-bond acceptors (Lipinski definition) is 1. The number of halogens is 6. The van der Waals surface area contributed by atoms with Crippen molar-refractivity contribution in [2.45, 2.75) is 51.6 Å². The van der Waals surface area contributed by atoms with E-state index in [-0.39, 0.29) is 24.7 Å². The molecule has 0 aromatic rings. The topological polar surface area (TPSA) is 20.2 Å². The van der Waals surface area contributed by atoms with Gasteiger partial charge in [0, 0.05) is 0 Å². The van der Waals surface area contributed by atoms with Crippen LogP contribution in [0.2, 0.25) is 0 Å². The zero-order chi connectivity index (χ0) is 15.0. The van der Waals surface area contributed by atoms with E-state index in [4.69, 9.17) is 0 Å². The first-order chi connectivity index (χ1) is 8.44. The monoisotopic (exact) mass is 292 g/mol. The Labute approximate surface area is 108 Å². The van der Waals surface area contributed by atoms with Crippen LogP contribution in [0.5, 0.6) is 0 Å². The maximum atomic E-state index is 12.5. The van der Waals surface area contributed by atoms with Crippen LogP contribution in [0.15, 0.2) is 0 Å². The Morgan fingerprint density at radius 3 is 1.74 bits per heavy atom. The van der Waals surface area contributed by atoms with E-state index in [1.807, 2.05) is 6.92 Å². The molecule has 1 N–H and O–H groups in total. The van der Waals surface area contributed by atoms with Gasteiger partial charge in [0.1, 0.15) is 0 Å². The van der Waals surface area contributed by atoms with Crippen LogP contribution in [-0.4, -0.2) is 23.6 Å². The lowest BCUT2D eigenvalue weighted by Crippen LogP contribution is -2.48. The van der Waals surface area contributed by atoms with E-state index < -0.39 is 30.3 Å². The first-order valence-corrected chi connectivity index (χ1v) is 6.26. The quantitative estimate of drug-likeness (QED) is 0.758. The van der Waals surface area contributed by atoms with Gasteiger partial charge in [0.2, 0.25) is 0 Å². The maximum Gasteiger partial charge on any atom is 0.403 e. The smallest absolute Gasteiger partial charge is 0.392 e. The molecule has 1 rings (SSSR count). The predicted octanol–water partition coefficient (Wildman–Crippen LogP) is 4.16. The fraction of sp³-hybridized carbons (Fsp3) is 1.00. The van der Waals surface area contributed by atoms with Crippen molar-refractivity contribution < 1.29 is 31.4 Å². The van der Waals surface area contributed by atoms with Crippen LogP contribution in [0.3, 0.4) is 0 Å². The van der Waals surface area contributed by atoms with Crippen molar-refractivity contribution >= 4 is 0 Å². The molecule has 1 nitrogen and oxygen atoms in total. The molecule has 0 amide bonds. The summed E-state index contributed by atoms with van der Waals surface area (Å²) in [5.41, 5.74) is 0. The van der Waals surface area contributed by atoms with E-state index in [9.17, 15) is 31.4 Å². The standard InChI is InChI=1S/C12H18F6O/c1-6-3-4-8(5-7(6)2)9(19)10(11(13,14)15)12(16,17)18/h6-10,19H,3-5H2,1-2H3. The third-order valence-corrected chi connectivity index (χ3v) is 4.17. The van der Waals surface area contributed by atoms with Crippen molar-refractivity contribution in [3.63, 3.8) is 0 Å². The highest BCUT2D eigenvalue weighted by Crippen LogP contribution is 2.46. The molecule has 1 aliphatic carbocycles. The van der Waals surface area contributed by atoms with Crippen LogP contribution in [0.25, 0.3) is 0 Å². The SMILES string of the molecule is CC1CCC(C(O)C(C(F)(F)F)C(F)(F)F)CC1C. The van der Waals surface area contributed by atoms with Crippen LogP contribution in [-0.2, 0) is 0 Å². The molecule has 0 saturated heterocycles. The molecule has 1 fully saturated rings. The van der Waals surface area contributed by atoms with Crippen LogP contribution in [0, 0.1) is 23.7 Å². The van der Waals surface area contributed by atoms with Crippen molar-refractivity contribution in [2.24, 2.45) is 23.7 Å². The third-order valence-electron chi connectivity index (χ3n) is 4.17. The Hall–Kier alpha value is -0.460. The van der Waals surface area contributed by atoms with E-state index in [1.54, 1.807) is 6.92 Å². The molecule has 0 radical (unpaired) electrons. The Morgan fingerprint density at radius 2 is 1.37 bits per heavy atom. The minimum Gasteiger partial charge on any atom is -0.392 e. The zero-order valence-corrected chi connectivity index (χ0v) is 10.7. The maximum absolute atomic E-state index is 12.5. The van der Waals surface area contributed by atoms with Gasteiger partial charge in [-0.15, -0.1) is 0 Å². The average molecular weight is 292 g/mol. The number of aliphatic hydroxyl groups excluding tert-OH is 1. The lowest BCUT2D eigenvalue weighted by Gasteiger charge is -2.38. The normalized spacial score (nSPS) is 31.6. The second-order valence-electron chi connectivity index (χ2n) is 5.58. The molecule has 4 unspecified atom stereocenters. The van der Waals surface area contributed by atoms with Crippen molar-refractivity contribution in [1.82, 2.24) is 0 Å². The zero-order valence-electron chi connectivity index (χ0n) is 10.7. The molecule has 114 valence electrons. The van der Waals surface area contributed by atoms with Gasteiger partial charge in [-0.3, -0.25) is 0 Å². The summed E-state index contributed by atoms with van der Waals surface area (Å²) in [6.45, 7) is 3.71. The number of alkyl halides is 6. The van der Waals surface area contributed by atoms with Crippen LogP contribution in [0.1, 0.15) is 33.1 Å². The molecule has 1 saturated carbocycles. The van der Waals surface area contributed by atoms with Gasteiger partial charge >= 0.3 is 12.4 Å². The van der Waals surface area contributed by atoms with Gasteiger partial charge in [-0.1, -0.05) is 20.3 Å². The van der Waals surface area contributed by atoms with Crippen LogP contribution < -0.4 is 0 Å². The third kappa shape index (κ3) is 4.00. The molecule has 19 heavy (non-hydrogen) atoms. The molecule has 0 bridgehead atoms. The molecule has 0 aliphatic heterocycles. The van der Waals surface area contributed by atoms with Gasteiger partial charge in [-0.05, 0) is 30.6 Å². The average Bonchev–Trinajstić information content (AvgIpc) is 2.17. The molecule has 7 heteroatoms. The van der Waals surface area contributed by atoms with Gasteiger partial charge in [-0.25, -0.2) is 0 Å². The summed E-state index contributed by atoms with van der Waals surface area (Å²) in [5, 5.41) is 9.57. The second-order valence-corrected chi connectivity index (χ2v) is 5.58. The van der Waals surface area contributed by atoms with Gasteiger partial charge in [0.15, 0.2) is 5.92 Å². The van der Waals surface area contributed by atoms with Crippen LogP contribution >= 0.6 is 0 Å². The second kappa shape index (κ2) is 5.50. The van der Waals surface area contributed by atoms with E-state index in [0.717, 1.165) is 0 Å². The summed E-state index contributed by atoms with van der Waals surface area (Å²) in [6, 6.07) is 0. The first-order valence-electron chi connectivity index (χ1n) is 6.26. The molecule has 0 heterocycles. The Bertz CT molecular complexity index is 284. The Balaban J connectivity index is 2.86. The summed E-state index contributed by atoms with van der Waals surface area (Å²) >= 11 is 0. The highest BCUT2D eigenvalue weighted by molar-refractivity contribution is 4.89. The van der Waals surface area contributed by atoms with Crippen molar-refractivity contribution in [2.75, 3.05) is 0 Å². The van der Waals surface area contributed by atoms with E-state index in [1.165, 1.54) is 0 Å². The van der Waals surface area contributed by atoms with E-state index >= 15 is 0 Å². The number of aliphatic hydroxyl groups is 1. The Morgan fingerprint density at radius 1 is 0.895 bits per heavy atom. The summed E-state index contributed by atoms with van der Waals surface area (Å²) < 4.78 is 75.1. The summed E-state index contributed by atoms with van der Waals surface area (Å²) in [4.78, 5) is 0. The van der Waals surface area contributed by atoms with Gasteiger partial charge < -0.3 is 5.11 Å².